The van der Waals surface area contributed by atoms with E-state index in [1.807, 2.05) is 31.3 Å². The molecule has 0 aromatic heterocycles. The van der Waals surface area contributed by atoms with Crippen LogP contribution < -0.4 is 10.6 Å². The summed E-state index contributed by atoms with van der Waals surface area (Å²) in [5, 5.41) is 11.5. The van der Waals surface area contributed by atoms with E-state index in [-0.39, 0.29) is 5.84 Å². The van der Waals surface area contributed by atoms with Crippen LogP contribution >= 0.6 is 0 Å². The molecule has 0 unspecified atom stereocenters. The largest absolute Gasteiger partial charge is 0.409 e. The average Bonchev–Trinajstić information content (AvgIpc) is 2.42. The molecule has 1 aromatic carbocycles. The highest BCUT2D eigenvalue weighted by atomic mass is 16.5. The summed E-state index contributed by atoms with van der Waals surface area (Å²) in [5.74, 6) is 0.129. The summed E-state index contributed by atoms with van der Waals surface area (Å²) >= 11 is 0. The fraction of sp³-hybridized carbons (Fsp3) is 0.462. The van der Waals surface area contributed by atoms with Gasteiger partial charge in [-0.2, -0.15) is 0 Å². The van der Waals surface area contributed by atoms with E-state index in [0.29, 0.717) is 5.56 Å². The molecular formula is C13H21N3O2. The fourth-order valence-corrected chi connectivity index (χ4v) is 1.67. The summed E-state index contributed by atoms with van der Waals surface area (Å²) in [5.41, 5.74) is 7.34. The van der Waals surface area contributed by atoms with Crippen LogP contribution in [0.2, 0.25) is 0 Å². The van der Waals surface area contributed by atoms with Gasteiger partial charge in [0.05, 0.1) is 0 Å². The molecule has 3 N–H and O–H groups in total. The monoisotopic (exact) mass is 251 g/mol. The van der Waals surface area contributed by atoms with Gasteiger partial charge in [-0.3, -0.25) is 0 Å². The summed E-state index contributed by atoms with van der Waals surface area (Å²) < 4.78 is 5.01. The van der Waals surface area contributed by atoms with E-state index in [1.54, 1.807) is 7.11 Å². The minimum absolute atomic E-state index is 0.129. The number of ether oxygens (including phenoxy) is 1. The van der Waals surface area contributed by atoms with E-state index in [1.165, 1.54) is 0 Å². The number of nitrogens with two attached hydrogens (primary N) is 1. The molecule has 0 fully saturated rings. The van der Waals surface area contributed by atoms with E-state index in [2.05, 4.69) is 10.1 Å². The Morgan fingerprint density at radius 2 is 2.00 bits per heavy atom. The Balaban J connectivity index is 2.51. The Hall–Kier alpha value is -1.75. The van der Waals surface area contributed by atoms with Gasteiger partial charge in [0.15, 0.2) is 5.84 Å². The maximum absolute atomic E-state index is 8.57. The van der Waals surface area contributed by atoms with Crippen molar-refractivity contribution in [3.05, 3.63) is 29.8 Å². The minimum Gasteiger partial charge on any atom is -0.409 e. The third kappa shape index (κ3) is 4.25. The fourth-order valence-electron chi connectivity index (χ4n) is 1.67. The first-order chi connectivity index (χ1) is 8.69. The predicted octanol–water partition coefficient (Wildman–Crippen LogP) is 1.64. The van der Waals surface area contributed by atoms with Crippen molar-refractivity contribution in [1.29, 1.82) is 0 Å². The first-order valence-corrected chi connectivity index (χ1v) is 5.97. The molecule has 18 heavy (non-hydrogen) atoms. The molecule has 0 saturated carbocycles. The first-order valence-electron chi connectivity index (χ1n) is 5.97. The Morgan fingerprint density at radius 3 is 2.56 bits per heavy atom. The maximum atomic E-state index is 8.57. The lowest BCUT2D eigenvalue weighted by molar-refractivity contribution is 0.193. The lowest BCUT2D eigenvalue weighted by atomic mass is 10.2. The average molecular weight is 251 g/mol. The number of benzene rings is 1. The second-order valence-corrected chi connectivity index (χ2v) is 4.15. The minimum atomic E-state index is 0.129. The quantitative estimate of drug-likeness (QED) is 0.254. The van der Waals surface area contributed by atoms with Crippen molar-refractivity contribution in [3.8, 4) is 0 Å². The van der Waals surface area contributed by atoms with Gasteiger partial charge in [0.1, 0.15) is 0 Å². The summed E-state index contributed by atoms with van der Waals surface area (Å²) in [6, 6.07) is 7.61. The molecule has 1 aromatic rings. The molecule has 0 aliphatic heterocycles. The molecule has 0 amide bonds. The van der Waals surface area contributed by atoms with Crippen LogP contribution in [0, 0.1) is 0 Å². The summed E-state index contributed by atoms with van der Waals surface area (Å²) in [4.78, 5) is 2.17. The number of unbranched alkanes of at least 4 members (excludes halogenated alkanes) is 1. The molecule has 0 bridgehead atoms. The lowest BCUT2D eigenvalue weighted by Crippen LogP contribution is -2.19. The number of hydrogen-bond acceptors (Lipinski definition) is 4. The van der Waals surface area contributed by atoms with Gasteiger partial charge >= 0.3 is 0 Å². The van der Waals surface area contributed by atoms with Crippen molar-refractivity contribution in [2.24, 2.45) is 10.9 Å². The lowest BCUT2D eigenvalue weighted by Gasteiger charge is -2.19. The number of anilines is 1. The zero-order valence-electron chi connectivity index (χ0n) is 11.0. The third-order valence-electron chi connectivity index (χ3n) is 2.80. The van der Waals surface area contributed by atoms with Gasteiger partial charge in [-0.05, 0) is 37.1 Å². The van der Waals surface area contributed by atoms with Crippen molar-refractivity contribution in [2.75, 3.05) is 32.2 Å². The van der Waals surface area contributed by atoms with Crippen molar-refractivity contribution in [1.82, 2.24) is 0 Å². The number of amidine groups is 1. The summed E-state index contributed by atoms with van der Waals surface area (Å²) in [6.07, 6.45) is 2.15. The molecule has 0 atom stereocenters. The molecule has 100 valence electrons. The van der Waals surface area contributed by atoms with Gasteiger partial charge in [-0.25, -0.2) is 0 Å². The van der Waals surface area contributed by atoms with Crippen LogP contribution in [0.25, 0.3) is 0 Å². The molecule has 0 heterocycles. The highest BCUT2D eigenvalue weighted by Gasteiger charge is 2.02. The highest BCUT2D eigenvalue weighted by Crippen LogP contribution is 2.14. The van der Waals surface area contributed by atoms with Gasteiger partial charge in [0.25, 0.3) is 0 Å². The van der Waals surface area contributed by atoms with Crippen LogP contribution in [0.4, 0.5) is 5.69 Å². The molecule has 0 saturated heterocycles. The Bertz CT molecular complexity index is 376. The second kappa shape index (κ2) is 7.55. The van der Waals surface area contributed by atoms with Crippen molar-refractivity contribution < 1.29 is 9.94 Å². The van der Waals surface area contributed by atoms with Gasteiger partial charge in [0.2, 0.25) is 0 Å². The smallest absolute Gasteiger partial charge is 0.170 e. The number of hydrogen-bond donors (Lipinski definition) is 2. The van der Waals surface area contributed by atoms with Crippen LogP contribution in [0.3, 0.4) is 0 Å². The van der Waals surface area contributed by atoms with Crippen molar-refractivity contribution >= 4 is 11.5 Å². The zero-order valence-corrected chi connectivity index (χ0v) is 11.0. The number of nitrogens with zero attached hydrogens (tertiary/aromatic N) is 2. The van der Waals surface area contributed by atoms with Crippen LogP contribution in [0.1, 0.15) is 18.4 Å². The maximum Gasteiger partial charge on any atom is 0.170 e. The Morgan fingerprint density at radius 1 is 1.33 bits per heavy atom. The van der Waals surface area contributed by atoms with Gasteiger partial charge in [0, 0.05) is 38.6 Å². The van der Waals surface area contributed by atoms with E-state index in [0.717, 1.165) is 31.7 Å². The zero-order chi connectivity index (χ0) is 13.4. The van der Waals surface area contributed by atoms with Gasteiger partial charge < -0.3 is 20.6 Å². The molecule has 5 nitrogen and oxygen atoms in total. The van der Waals surface area contributed by atoms with Gasteiger partial charge in [-0.15, -0.1) is 0 Å². The Labute approximate surface area is 108 Å². The third-order valence-corrected chi connectivity index (χ3v) is 2.80. The van der Waals surface area contributed by atoms with Crippen LogP contribution in [-0.4, -0.2) is 38.4 Å². The molecule has 0 spiro atoms. The number of oxime groups is 1. The molecule has 0 radical (unpaired) electrons. The van der Waals surface area contributed by atoms with E-state index < -0.39 is 0 Å². The van der Waals surface area contributed by atoms with E-state index >= 15 is 0 Å². The molecule has 0 aliphatic rings. The van der Waals surface area contributed by atoms with E-state index in [9.17, 15) is 0 Å². The van der Waals surface area contributed by atoms with Crippen LogP contribution in [-0.2, 0) is 4.74 Å². The topological polar surface area (TPSA) is 71.1 Å². The van der Waals surface area contributed by atoms with Crippen LogP contribution in [0.15, 0.2) is 29.4 Å². The molecular weight excluding hydrogens is 230 g/mol. The molecule has 5 heteroatoms. The normalized spacial score (nSPS) is 11.6. The number of methoxy groups -OCH3 is 1. The predicted molar refractivity (Wildman–Crippen MR) is 73.3 cm³/mol. The van der Waals surface area contributed by atoms with Crippen molar-refractivity contribution in [3.63, 3.8) is 0 Å². The first kappa shape index (κ1) is 14.3. The van der Waals surface area contributed by atoms with Gasteiger partial charge in [-0.1, -0.05) is 5.16 Å². The standard InChI is InChI=1S/C13H21N3O2/c1-16(9-3-4-10-18-2)12-7-5-11(6-8-12)13(14)15-17/h5-8,17H,3-4,9-10H2,1-2H3,(H2,14,15). The molecule has 0 aliphatic carbocycles. The van der Waals surface area contributed by atoms with E-state index in [4.69, 9.17) is 15.7 Å². The summed E-state index contributed by atoms with van der Waals surface area (Å²) in [7, 11) is 3.76. The number of rotatable bonds is 7. The van der Waals surface area contributed by atoms with Crippen molar-refractivity contribution in [2.45, 2.75) is 12.8 Å². The molecule has 1 rings (SSSR count). The SMILES string of the molecule is COCCCCN(C)c1ccc(/C(N)=N/O)cc1. The van der Waals surface area contributed by atoms with Crippen LogP contribution in [0.5, 0.6) is 0 Å². The second-order valence-electron chi connectivity index (χ2n) is 4.15. The Kier molecular flexibility index (Phi) is 6.00. The summed E-state index contributed by atoms with van der Waals surface area (Å²) in [6.45, 7) is 1.78. The highest BCUT2D eigenvalue weighted by molar-refractivity contribution is 5.97.